The van der Waals surface area contributed by atoms with Gasteiger partial charge in [-0.3, -0.25) is 48.6 Å². The van der Waals surface area contributed by atoms with Gasteiger partial charge in [0, 0.05) is 49.9 Å². The van der Waals surface area contributed by atoms with Crippen molar-refractivity contribution in [3.63, 3.8) is 0 Å². The second-order valence-electron chi connectivity index (χ2n) is 36.3. The minimum Gasteiger partial charge on any atom is -0.508 e. The summed E-state index contributed by atoms with van der Waals surface area (Å²) in [4.78, 5) is 169. The number of carbonyl (C=O) groups is 11. The highest BCUT2D eigenvalue weighted by Crippen LogP contribution is 2.58. The van der Waals surface area contributed by atoms with Gasteiger partial charge in [0.2, 0.25) is 41.6 Å². The van der Waals surface area contributed by atoms with Crippen molar-refractivity contribution in [3.05, 3.63) is 189 Å². The number of Topliss-reactive ketones (excluding diaryl/α,β-unsaturated/α-hetero) is 3. The highest BCUT2D eigenvalue weighted by Gasteiger charge is 2.52. The Kier molecular flexibility index (Phi) is 28.5. The van der Waals surface area contributed by atoms with Crippen molar-refractivity contribution in [2.24, 2.45) is 41.4 Å². The predicted molar refractivity (Wildman–Crippen MR) is 468 cm³/mol. The molecule has 6 aliphatic heterocycles. The molecule has 1 unspecified atom stereocenters. The fourth-order valence-corrected chi connectivity index (χ4v) is 19.4. The van der Waals surface area contributed by atoms with Crippen LogP contribution in [0.5, 0.6) is 46.0 Å². The summed E-state index contributed by atoms with van der Waals surface area (Å²) in [5, 5.41) is 114. The van der Waals surface area contributed by atoms with E-state index in [9.17, 15) is 60.0 Å². The lowest BCUT2D eigenvalue weighted by molar-refractivity contribution is -0.277. The lowest BCUT2D eigenvalue weighted by Crippen LogP contribution is -2.60. The molecular weight excluding hydrogens is 1720 g/mol. The molecule has 10 aliphatic rings. The summed E-state index contributed by atoms with van der Waals surface area (Å²) in [6.45, 7) is 10.8. The van der Waals surface area contributed by atoms with Crippen LogP contribution in [0.25, 0.3) is 11.1 Å². The molecule has 4 aliphatic carbocycles. The molecule has 1 saturated heterocycles. The van der Waals surface area contributed by atoms with Crippen molar-refractivity contribution < 1.29 is 122 Å². The predicted octanol–water partition coefficient (Wildman–Crippen LogP) is 11.0. The van der Waals surface area contributed by atoms with Gasteiger partial charge in [0.1, 0.15) is 108 Å². The van der Waals surface area contributed by atoms with Crippen LogP contribution in [0.2, 0.25) is 10.0 Å². The Balaban J connectivity index is 0.942. The van der Waals surface area contributed by atoms with Crippen LogP contribution in [0.15, 0.2) is 140 Å². The van der Waals surface area contributed by atoms with Gasteiger partial charge in [0.25, 0.3) is 0 Å². The van der Waals surface area contributed by atoms with Crippen LogP contribution in [-0.2, 0) is 52.6 Å². The number of halogens is 2. The number of phenols is 3. The fourth-order valence-electron chi connectivity index (χ4n) is 19.0. The smallest absolute Gasteiger partial charge is 0.410 e. The van der Waals surface area contributed by atoms with E-state index in [2.05, 4.69) is 37.2 Å². The van der Waals surface area contributed by atoms with E-state index in [-0.39, 0.29) is 81.4 Å². The zero-order valence-corrected chi connectivity index (χ0v) is 74.0. The molecule has 15 bridgehead atoms. The maximum atomic E-state index is 16.8. The Morgan fingerprint density at radius 1 is 0.600 bits per heavy atom. The zero-order chi connectivity index (χ0) is 93.3. The molecule has 33 nitrogen and oxygen atoms in total. The van der Waals surface area contributed by atoms with Crippen LogP contribution in [0.1, 0.15) is 194 Å². The number of ether oxygens (including phenoxy) is 6. The van der Waals surface area contributed by atoms with E-state index in [4.69, 9.17) is 51.6 Å². The number of urea groups is 1. The molecule has 15 N–H and O–H groups in total. The molecule has 690 valence electrons. The lowest BCUT2D eigenvalue weighted by atomic mass is 9.51. The van der Waals surface area contributed by atoms with E-state index in [1.54, 1.807) is 109 Å². The van der Waals surface area contributed by atoms with Gasteiger partial charge >= 0.3 is 18.2 Å². The van der Waals surface area contributed by atoms with Crippen LogP contribution in [0.3, 0.4) is 0 Å². The third-order valence-electron chi connectivity index (χ3n) is 25.4. The fraction of sp³-hybridized carbons (Fsp3) is 0.442. The minimum absolute atomic E-state index is 0.0712. The molecule has 7 aromatic rings. The number of aliphatic hydroxyl groups excluding tert-OH is 5. The molecule has 9 amide bonds. The Morgan fingerprint density at radius 3 is 1.78 bits per heavy atom. The molecule has 17 rings (SSSR count). The number of fused-ring (bicyclic) bond motifs is 15. The number of nitrogens with zero attached hydrogens (tertiary/aromatic N) is 1. The Labute approximate surface area is 758 Å². The molecule has 7 aromatic carbocycles. The summed E-state index contributed by atoms with van der Waals surface area (Å²) in [7, 11) is 1.28. The van der Waals surface area contributed by atoms with Gasteiger partial charge in [-0.25, -0.2) is 14.4 Å². The van der Waals surface area contributed by atoms with E-state index in [1.807, 2.05) is 0 Å². The number of carbonyl (C=O) groups excluding carboxylic acids is 11. The molecule has 35 heteroatoms. The Morgan fingerprint density at radius 2 is 1.19 bits per heavy atom. The molecule has 130 heavy (non-hydrogen) atoms. The van der Waals surface area contributed by atoms with E-state index < -0.39 is 244 Å². The molecule has 6 heterocycles. The van der Waals surface area contributed by atoms with Crippen molar-refractivity contribution >= 4 is 88.3 Å². The van der Waals surface area contributed by atoms with Crippen LogP contribution < -0.4 is 51.4 Å². The van der Waals surface area contributed by atoms with Gasteiger partial charge in [-0.15, -0.1) is 0 Å². The number of imide groups is 1. The maximum Gasteiger partial charge on any atom is 0.410 e. The average molecular weight is 1830 g/mol. The number of rotatable bonds is 18. The number of amides is 9. The molecule has 0 aromatic heterocycles. The van der Waals surface area contributed by atoms with E-state index in [0.717, 1.165) is 79.5 Å². The van der Waals surface area contributed by atoms with Gasteiger partial charge in [-0.1, -0.05) is 116 Å². The molecule has 5 fully saturated rings. The summed E-state index contributed by atoms with van der Waals surface area (Å²) in [6.07, 6.45) is -15.7. The van der Waals surface area contributed by atoms with Crippen molar-refractivity contribution in [2.75, 3.05) is 13.7 Å². The normalized spacial score (nSPS) is 26.6. The molecule has 4 saturated carbocycles. The second-order valence-corrected chi connectivity index (χ2v) is 37.2. The standard InChI is InChI=1S/C95H106Cl2N8O25/c1-43(2)25-64(105(8)94(124)130-95(5,6)7)89(120)103-79-67(109)34-56(37-75(112)100-92(122)98-44(3)48-15-11-9-12-16-48)87(118)101-77-55-35-72(126-70-23-20-51(81(79)113)32-62(70)96)86(129-91-85(117)84(116)83(115)74(128-91)42-125-93(123)99-45(4)49-17-13-10-14-18-49)73(36-55)127-71-24-21-52(33-63(71)97)82(114)80-90(121)102-78(69(111)40-58-53-27-46-26-47(29-53)30-54(58)28-46)61-38-57(106)39-66(108)76(61)60-31-50(19-22-65(60)107)59(41-68(77)110)88(119)104-80/h9-24,31-33,35-36,38-39,43-47,53-54,56,58-59,64,74,77-85,91,106-108,113-117H,25-30,34,37,40-42H2,1-8H3,(H,99,123)(H,101,118)(H,102,121)(H,103,120)(H,104,119)(H2,98,100,112,122)/t44-,45-,46?,47?,53?,54?,56-,58?,59-,64+,74+,77+,78-,79-,80-,81+,82+,83+,84-,85+,91?/m0/s1. The number of hydrogen-bond donors (Lipinski definition) is 15. The van der Waals surface area contributed by atoms with Crippen LogP contribution in [0, 0.1) is 41.4 Å². The van der Waals surface area contributed by atoms with Crippen LogP contribution >= 0.6 is 23.2 Å². The van der Waals surface area contributed by atoms with Gasteiger partial charge in [-0.05, 0) is 202 Å². The monoisotopic (exact) mass is 1830 g/mol. The number of likely N-dealkylation sites (N-methyl/N-ethyl adjacent to an activating group) is 1. The first-order valence-electron chi connectivity index (χ1n) is 43.3. The summed E-state index contributed by atoms with van der Waals surface area (Å²) in [6, 6.07) is 19.7. The van der Waals surface area contributed by atoms with Gasteiger partial charge < -0.3 is 101 Å². The number of ketones is 3. The number of aliphatic hydroxyl groups is 5. The first-order chi connectivity index (χ1) is 61.7. The highest BCUT2D eigenvalue weighted by atomic mass is 35.5. The van der Waals surface area contributed by atoms with Crippen molar-refractivity contribution in [3.8, 4) is 57.1 Å². The number of alkyl carbamates (subject to hydrolysis) is 1. The topological polar surface area (TPSA) is 492 Å². The molecular formula is C95H106Cl2N8O25. The van der Waals surface area contributed by atoms with Crippen molar-refractivity contribution in [1.82, 2.24) is 42.1 Å². The van der Waals surface area contributed by atoms with E-state index >= 15 is 33.6 Å². The number of benzene rings is 7. The highest BCUT2D eigenvalue weighted by molar-refractivity contribution is 6.32. The van der Waals surface area contributed by atoms with Crippen molar-refractivity contribution in [1.29, 1.82) is 0 Å². The number of hydrogen-bond acceptors (Lipinski definition) is 25. The zero-order valence-electron chi connectivity index (χ0n) is 72.5. The van der Waals surface area contributed by atoms with Gasteiger partial charge in [-0.2, -0.15) is 0 Å². The van der Waals surface area contributed by atoms with Crippen LogP contribution in [-0.4, -0.2) is 179 Å². The van der Waals surface area contributed by atoms with E-state index in [1.165, 1.54) is 43.4 Å². The summed E-state index contributed by atoms with van der Waals surface area (Å²) in [5.74, 6) is -17.0. The Bertz CT molecular complexity index is 5480. The van der Waals surface area contributed by atoms with Gasteiger partial charge in [0.15, 0.2) is 28.8 Å². The number of phenolic OH excluding ortho intramolecular Hbond substituents is 3. The minimum atomic E-state index is -2.31. The maximum absolute atomic E-state index is 16.8. The SMILES string of the molecule is CC(C)C[C@H](C(=O)N[C@H]1C(=O)C[C@@H](CC(=O)NC(=O)N[C@@H](C)c2ccccc2)C(=O)N[C@H]2C(=O)C[C@@H]3C(=O)N[C@H](C(=O)N[C@H](C(=O)CC4C5CC6CC(C5)CC4C6)c4cc(O)cc(O)c4-c4cc3ccc4O)[C@H](O)c3ccc(c(Cl)c3)Oc3cc2cc(c3OC2O[C@H](COC(=O)N[C@@H](C)c3ccccc3)[C@@H](O)[C@H](O)[C@H]2O)Oc2ccc(cc2Cl)[C@H]1O)N(C)C(=O)OC(C)(C)C. The quantitative estimate of drug-likeness (QED) is 0.0379. The first kappa shape index (κ1) is 94.2. The first-order valence-corrected chi connectivity index (χ1v) is 44.1. The summed E-state index contributed by atoms with van der Waals surface area (Å²) >= 11 is 14.5. The average Bonchev–Trinajstić information content (AvgIpc) is 0.747. The number of aromatic hydroxyl groups is 3. The van der Waals surface area contributed by atoms with Crippen LogP contribution in [0.4, 0.5) is 14.4 Å². The third-order valence-corrected chi connectivity index (χ3v) is 26.0. The molecule has 0 spiro atoms. The largest absolute Gasteiger partial charge is 0.508 e. The van der Waals surface area contributed by atoms with E-state index in [0.29, 0.717) is 23.0 Å². The van der Waals surface area contributed by atoms with Gasteiger partial charge in [0.05, 0.1) is 34.0 Å². The third kappa shape index (κ3) is 21.2. The lowest BCUT2D eigenvalue weighted by Gasteiger charge is -2.54. The summed E-state index contributed by atoms with van der Waals surface area (Å²) < 4.78 is 37.5. The molecule has 0 radical (unpaired) electrons. The second kappa shape index (κ2) is 39.4. The number of nitrogens with one attached hydrogen (secondary N) is 7. The Hall–Kier alpha value is -12.0. The van der Waals surface area contributed by atoms with Crippen molar-refractivity contribution in [2.45, 2.75) is 209 Å². The molecule has 16 atom stereocenters. The summed E-state index contributed by atoms with van der Waals surface area (Å²) in [5.41, 5.74) is -1.72.